The molecule has 2 aromatic rings. The average Bonchev–Trinajstić information content (AvgIpc) is 2.62. The summed E-state index contributed by atoms with van der Waals surface area (Å²) in [5.74, 6) is -0.920. The van der Waals surface area contributed by atoms with Gasteiger partial charge in [-0.3, -0.25) is 4.79 Å². The molecule has 0 saturated carbocycles. The van der Waals surface area contributed by atoms with Crippen LogP contribution in [0.4, 0.5) is 0 Å². The van der Waals surface area contributed by atoms with Crippen molar-refractivity contribution in [3.63, 3.8) is 0 Å². The number of esters is 1. The van der Waals surface area contributed by atoms with Crippen LogP contribution < -0.4 is 0 Å². The third-order valence-electron chi connectivity index (χ3n) is 5.13. The molecule has 0 aliphatic carbocycles. The van der Waals surface area contributed by atoms with E-state index < -0.39 is 15.8 Å². The van der Waals surface area contributed by atoms with Crippen molar-refractivity contribution >= 4 is 21.6 Å². The van der Waals surface area contributed by atoms with Crippen LogP contribution in [0.15, 0.2) is 29.2 Å². The van der Waals surface area contributed by atoms with Gasteiger partial charge in [-0.2, -0.15) is 0 Å². The van der Waals surface area contributed by atoms with Crippen molar-refractivity contribution in [1.82, 2.24) is 0 Å². The van der Waals surface area contributed by atoms with Crippen molar-refractivity contribution in [2.45, 2.75) is 39.5 Å². The van der Waals surface area contributed by atoms with Crippen LogP contribution in [0.3, 0.4) is 0 Å². The highest BCUT2D eigenvalue weighted by atomic mass is 32.2. The number of Topliss-reactive ketones (excluding diaryl/α,β-unsaturated/α-hetero) is 1. The molecule has 0 fully saturated rings. The Morgan fingerprint density at radius 3 is 1.70 bits per heavy atom. The van der Waals surface area contributed by atoms with E-state index in [0.29, 0.717) is 5.56 Å². The van der Waals surface area contributed by atoms with Crippen molar-refractivity contribution in [3.8, 4) is 0 Å². The molecule has 0 aliphatic heterocycles. The van der Waals surface area contributed by atoms with E-state index in [4.69, 9.17) is 4.74 Å². The first-order valence-electron chi connectivity index (χ1n) is 8.52. The molecule has 0 saturated heterocycles. The summed E-state index contributed by atoms with van der Waals surface area (Å²) in [6.45, 7) is 9.41. The van der Waals surface area contributed by atoms with E-state index in [1.807, 2.05) is 34.6 Å². The number of hydrogen-bond donors (Lipinski definition) is 0. The minimum absolute atomic E-state index is 0.118. The fraction of sp³-hybridized carbons (Fsp3) is 0.333. The Morgan fingerprint density at radius 2 is 1.26 bits per heavy atom. The van der Waals surface area contributed by atoms with E-state index in [0.717, 1.165) is 34.1 Å². The molecule has 144 valence electrons. The number of carbonyl (C=O) groups is 2. The summed E-state index contributed by atoms with van der Waals surface area (Å²) in [6, 6.07) is 5.43. The van der Waals surface area contributed by atoms with Gasteiger partial charge < -0.3 is 4.74 Å². The molecule has 0 aliphatic rings. The van der Waals surface area contributed by atoms with E-state index in [1.54, 1.807) is 0 Å². The molecule has 0 heterocycles. The van der Waals surface area contributed by atoms with Gasteiger partial charge in [0.05, 0.1) is 10.5 Å². The number of ether oxygens (including phenoxy) is 1. The fourth-order valence-corrected chi connectivity index (χ4v) is 3.67. The van der Waals surface area contributed by atoms with E-state index >= 15 is 0 Å². The molecule has 2 rings (SSSR count). The Labute approximate surface area is 160 Å². The number of hydrogen-bond acceptors (Lipinski definition) is 5. The lowest BCUT2D eigenvalue weighted by Crippen LogP contribution is -2.18. The van der Waals surface area contributed by atoms with Crippen molar-refractivity contribution in [1.29, 1.82) is 0 Å². The predicted molar refractivity (Wildman–Crippen MR) is 104 cm³/mol. The first-order chi connectivity index (χ1) is 12.4. The van der Waals surface area contributed by atoms with Crippen molar-refractivity contribution in [2.75, 3.05) is 12.9 Å². The van der Waals surface area contributed by atoms with Crippen molar-refractivity contribution in [3.05, 3.63) is 63.2 Å². The molecule has 6 heteroatoms. The van der Waals surface area contributed by atoms with Crippen LogP contribution in [-0.4, -0.2) is 33.0 Å². The maximum Gasteiger partial charge on any atom is 0.338 e. The zero-order valence-electron chi connectivity index (χ0n) is 16.5. The third kappa shape index (κ3) is 4.27. The maximum atomic E-state index is 12.7. The van der Waals surface area contributed by atoms with Gasteiger partial charge in [-0.1, -0.05) is 0 Å². The van der Waals surface area contributed by atoms with Crippen LogP contribution in [0.5, 0.6) is 0 Å². The molecule has 0 spiro atoms. The lowest BCUT2D eigenvalue weighted by molar-refractivity contribution is 0.0474. The van der Waals surface area contributed by atoms with E-state index in [-0.39, 0.29) is 22.8 Å². The SMILES string of the molecule is Cc1c(C)c(C)c(C(=O)COC(=O)c2ccc(S(C)(=O)=O)cc2)c(C)c1C. The van der Waals surface area contributed by atoms with Crippen LogP contribution >= 0.6 is 0 Å². The quantitative estimate of drug-likeness (QED) is 0.577. The second kappa shape index (κ2) is 7.64. The van der Waals surface area contributed by atoms with Crippen molar-refractivity contribution in [2.24, 2.45) is 0 Å². The van der Waals surface area contributed by atoms with Crippen LogP contribution in [-0.2, 0) is 14.6 Å². The highest BCUT2D eigenvalue weighted by Gasteiger charge is 2.20. The van der Waals surface area contributed by atoms with Gasteiger partial charge in [-0.05, 0) is 86.7 Å². The van der Waals surface area contributed by atoms with Crippen LogP contribution in [0.2, 0.25) is 0 Å². The molecule has 0 amide bonds. The van der Waals surface area contributed by atoms with Crippen LogP contribution in [0, 0.1) is 34.6 Å². The Morgan fingerprint density at radius 1 is 0.815 bits per heavy atom. The lowest BCUT2D eigenvalue weighted by Gasteiger charge is -2.17. The van der Waals surface area contributed by atoms with Gasteiger partial charge in [0.2, 0.25) is 5.78 Å². The zero-order chi connectivity index (χ0) is 20.5. The van der Waals surface area contributed by atoms with Gasteiger partial charge in [-0.25, -0.2) is 13.2 Å². The number of ketones is 1. The molecule has 0 N–H and O–H groups in total. The molecule has 0 atom stereocenters. The standard InChI is InChI=1S/C21H24O5S/c1-12-13(2)15(4)20(16(5)14(12)3)19(22)11-26-21(23)17-7-9-18(10-8-17)27(6,24)25/h7-10H,11H2,1-6H3. The largest absolute Gasteiger partial charge is 0.454 e. The zero-order valence-corrected chi connectivity index (χ0v) is 17.3. The number of rotatable bonds is 5. The Hall–Kier alpha value is -2.47. The monoisotopic (exact) mass is 388 g/mol. The smallest absolute Gasteiger partial charge is 0.338 e. The topological polar surface area (TPSA) is 77.5 Å². The van der Waals surface area contributed by atoms with E-state index in [2.05, 4.69) is 0 Å². The minimum Gasteiger partial charge on any atom is -0.454 e. The van der Waals surface area contributed by atoms with Crippen LogP contribution in [0.1, 0.15) is 48.5 Å². The Balaban J connectivity index is 2.18. The first kappa shape index (κ1) is 20.8. The average molecular weight is 388 g/mol. The van der Waals surface area contributed by atoms with Gasteiger partial charge in [-0.15, -0.1) is 0 Å². The number of carbonyl (C=O) groups excluding carboxylic acids is 2. The van der Waals surface area contributed by atoms with Gasteiger partial charge in [0.15, 0.2) is 16.4 Å². The van der Waals surface area contributed by atoms with E-state index in [9.17, 15) is 18.0 Å². The maximum absolute atomic E-state index is 12.7. The molecule has 0 unspecified atom stereocenters. The fourth-order valence-electron chi connectivity index (χ4n) is 3.04. The molecular formula is C21H24O5S. The van der Waals surface area contributed by atoms with Crippen LogP contribution in [0.25, 0.3) is 0 Å². The number of benzene rings is 2. The Kier molecular flexibility index (Phi) is 5.90. The lowest BCUT2D eigenvalue weighted by atomic mass is 9.88. The molecule has 0 bridgehead atoms. The molecular weight excluding hydrogens is 364 g/mol. The minimum atomic E-state index is -3.33. The molecule has 27 heavy (non-hydrogen) atoms. The summed E-state index contributed by atoms with van der Waals surface area (Å²) in [5.41, 5.74) is 5.86. The third-order valence-corrected chi connectivity index (χ3v) is 6.26. The normalized spacial score (nSPS) is 11.3. The van der Waals surface area contributed by atoms with Gasteiger partial charge in [0, 0.05) is 11.8 Å². The second-order valence-electron chi connectivity index (χ2n) is 6.80. The number of sulfone groups is 1. The summed E-state index contributed by atoms with van der Waals surface area (Å²) < 4.78 is 28.1. The highest BCUT2D eigenvalue weighted by Crippen LogP contribution is 2.26. The highest BCUT2D eigenvalue weighted by molar-refractivity contribution is 7.90. The predicted octanol–water partition coefficient (Wildman–Crippen LogP) is 3.67. The molecule has 2 aromatic carbocycles. The van der Waals surface area contributed by atoms with Gasteiger partial charge >= 0.3 is 5.97 Å². The Bertz CT molecular complexity index is 987. The molecule has 0 radical (unpaired) electrons. The van der Waals surface area contributed by atoms with Crippen molar-refractivity contribution < 1.29 is 22.7 Å². The first-order valence-corrected chi connectivity index (χ1v) is 10.4. The summed E-state index contributed by atoms with van der Waals surface area (Å²) in [7, 11) is -3.33. The summed E-state index contributed by atoms with van der Waals surface area (Å²) in [6.07, 6.45) is 1.09. The molecule has 0 aromatic heterocycles. The summed E-state index contributed by atoms with van der Waals surface area (Å²) in [5, 5.41) is 0. The molecule has 5 nitrogen and oxygen atoms in total. The summed E-state index contributed by atoms with van der Waals surface area (Å²) in [4.78, 5) is 25.0. The van der Waals surface area contributed by atoms with Gasteiger partial charge in [0.25, 0.3) is 0 Å². The van der Waals surface area contributed by atoms with E-state index in [1.165, 1.54) is 24.3 Å². The van der Waals surface area contributed by atoms with Gasteiger partial charge in [0.1, 0.15) is 0 Å². The summed E-state index contributed by atoms with van der Waals surface area (Å²) >= 11 is 0. The second-order valence-corrected chi connectivity index (χ2v) is 8.81.